The van der Waals surface area contributed by atoms with E-state index < -0.39 is 10.0 Å². The number of nitrogens with one attached hydrogen (secondary N) is 1. The Kier molecular flexibility index (Phi) is 4.55. The standard InChI is InChI=1S/C11H16N2O4S/c1-8(12-13-18(4,14)15)10-6-5-9(16-2)7-11(10)17-3/h5-7,13H,1-4H3/b12-8+. The molecule has 100 valence electrons. The summed E-state index contributed by atoms with van der Waals surface area (Å²) in [6.45, 7) is 1.68. The van der Waals surface area contributed by atoms with Gasteiger partial charge in [-0.25, -0.2) is 13.2 Å². The predicted molar refractivity (Wildman–Crippen MR) is 69.7 cm³/mol. The van der Waals surface area contributed by atoms with E-state index in [9.17, 15) is 8.42 Å². The Morgan fingerprint density at radius 1 is 1.28 bits per heavy atom. The van der Waals surface area contributed by atoms with Gasteiger partial charge in [0.25, 0.3) is 0 Å². The second kappa shape index (κ2) is 5.72. The SMILES string of the molecule is COc1ccc(/C(C)=N/NS(C)(=O)=O)c(OC)c1. The lowest BCUT2D eigenvalue weighted by Gasteiger charge is -2.10. The second-order valence-corrected chi connectivity index (χ2v) is 5.35. The van der Waals surface area contributed by atoms with E-state index in [2.05, 4.69) is 9.93 Å². The van der Waals surface area contributed by atoms with Crippen molar-refractivity contribution in [2.75, 3.05) is 20.5 Å². The Balaban J connectivity index is 3.09. The second-order valence-electron chi connectivity index (χ2n) is 3.63. The van der Waals surface area contributed by atoms with Crippen LogP contribution in [0.25, 0.3) is 0 Å². The van der Waals surface area contributed by atoms with Crippen molar-refractivity contribution in [3.05, 3.63) is 23.8 Å². The van der Waals surface area contributed by atoms with Crippen molar-refractivity contribution >= 4 is 15.7 Å². The number of benzene rings is 1. The Morgan fingerprint density at radius 3 is 2.44 bits per heavy atom. The number of hydrazone groups is 1. The van der Waals surface area contributed by atoms with Gasteiger partial charge in [0.2, 0.25) is 10.0 Å². The molecule has 7 heteroatoms. The van der Waals surface area contributed by atoms with Gasteiger partial charge in [0, 0.05) is 11.6 Å². The van der Waals surface area contributed by atoms with Crippen molar-refractivity contribution in [1.29, 1.82) is 0 Å². The molecule has 0 atom stereocenters. The minimum Gasteiger partial charge on any atom is -0.497 e. The molecule has 0 aliphatic rings. The summed E-state index contributed by atoms with van der Waals surface area (Å²) in [7, 11) is -0.283. The number of hydrogen-bond donors (Lipinski definition) is 1. The Morgan fingerprint density at radius 2 is 1.94 bits per heavy atom. The highest BCUT2D eigenvalue weighted by Gasteiger charge is 2.08. The van der Waals surface area contributed by atoms with Crippen molar-refractivity contribution in [3.63, 3.8) is 0 Å². The van der Waals surface area contributed by atoms with Crippen molar-refractivity contribution in [3.8, 4) is 11.5 Å². The fourth-order valence-corrected chi connectivity index (χ4v) is 1.61. The predicted octanol–water partition coefficient (Wildman–Crippen LogP) is 0.977. The zero-order chi connectivity index (χ0) is 13.8. The first-order valence-electron chi connectivity index (χ1n) is 5.11. The summed E-state index contributed by atoms with van der Waals surface area (Å²) in [5.41, 5.74) is 1.19. The molecule has 0 aliphatic heterocycles. The minimum atomic E-state index is -3.36. The monoisotopic (exact) mass is 272 g/mol. The van der Waals surface area contributed by atoms with Crippen molar-refractivity contribution in [2.24, 2.45) is 5.10 Å². The van der Waals surface area contributed by atoms with Crippen LogP contribution in [0.1, 0.15) is 12.5 Å². The van der Waals surface area contributed by atoms with Crippen LogP contribution in [0, 0.1) is 0 Å². The van der Waals surface area contributed by atoms with E-state index in [0.29, 0.717) is 22.8 Å². The molecular formula is C11H16N2O4S. The Hall–Kier alpha value is -1.76. The third kappa shape index (κ3) is 3.92. The quantitative estimate of drug-likeness (QED) is 0.640. The van der Waals surface area contributed by atoms with E-state index >= 15 is 0 Å². The molecule has 1 N–H and O–H groups in total. The van der Waals surface area contributed by atoms with E-state index in [-0.39, 0.29) is 0 Å². The van der Waals surface area contributed by atoms with Gasteiger partial charge in [-0.2, -0.15) is 5.10 Å². The first kappa shape index (κ1) is 14.3. The van der Waals surface area contributed by atoms with E-state index in [1.165, 1.54) is 7.11 Å². The van der Waals surface area contributed by atoms with Gasteiger partial charge in [-0.3, -0.25) is 0 Å². The molecule has 0 bridgehead atoms. The first-order chi connectivity index (χ1) is 8.37. The molecule has 0 radical (unpaired) electrons. The highest BCUT2D eigenvalue weighted by atomic mass is 32.2. The van der Waals surface area contributed by atoms with Crippen molar-refractivity contribution < 1.29 is 17.9 Å². The third-order valence-corrected chi connectivity index (χ3v) is 2.60. The average Bonchev–Trinajstić information content (AvgIpc) is 2.34. The van der Waals surface area contributed by atoms with E-state index in [0.717, 1.165) is 6.26 Å². The molecule has 0 heterocycles. The smallest absolute Gasteiger partial charge is 0.244 e. The molecule has 18 heavy (non-hydrogen) atoms. The van der Waals surface area contributed by atoms with Crippen LogP contribution in [0.5, 0.6) is 11.5 Å². The van der Waals surface area contributed by atoms with Gasteiger partial charge < -0.3 is 9.47 Å². The van der Waals surface area contributed by atoms with Gasteiger partial charge in [0.15, 0.2) is 0 Å². The van der Waals surface area contributed by atoms with Gasteiger partial charge in [-0.15, -0.1) is 0 Å². The summed E-state index contributed by atoms with van der Waals surface area (Å²) in [6, 6.07) is 5.20. The van der Waals surface area contributed by atoms with Crippen molar-refractivity contribution in [1.82, 2.24) is 4.83 Å². The molecule has 0 saturated heterocycles. The molecule has 0 fully saturated rings. The Labute approximate surface area is 107 Å². The lowest BCUT2D eigenvalue weighted by atomic mass is 10.1. The van der Waals surface area contributed by atoms with Crippen LogP contribution in [0.4, 0.5) is 0 Å². The molecule has 6 nitrogen and oxygen atoms in total. The molecule has 1 aromatic carbocycles. The van der Waals surface area contributed by atoms with Crippen LogP contribution < -0.4 is 14.3 Å². The summed E-state index contributed by atoms with van der Waals surface area (Å²) in [6.07, 6.45) is 1.04. The van der Waals surface area contributed by atoms with Gasteiger partial charge in [0.05, 0.1) is 26.2 Å². The maximum absolute atomic E-state index is 11.0. The molecule has 0 amide bonds. The van der Waals surface area contributed by atoms with Gasteiger partial charge in [-0.1, -0.05) is 0 Å². The van der Waals surface area contributed by atoms with E-state index in [1.54, 1.807) is 32.2 Å². The third-order valence-electron chi connectivity index (χ3n) is 2.18. The van der Waals surface area contributed by atoms with Gasteiger partial charge >= 0.3 is 0 Å². The maximum Gasteiger partial charge on any atom is 0.244 e. The zero-order valence-electron chi connectivity index (χ0n) is 10.7. The fourth-order valence-electron chi connectivity index (χ4n) is 1.31. The topological polar surface area (TPSA) is 77.0 Å². The molecule has 0 aliphatic carbocycles. The molecular weight excluding hydrogens is 256 g/mol. The number of hydrogen-bond acceptors (Lipinski definition) is 5. The Bertz CT molecular complexity index is 552. The maximum atomic E-state index is 11.0. The number of nitrogens with zero attached hydrogens (tertiary/aromatic N) is 1. The number of ether oxygens (including phenoxy) is 2. The van der Waals surface area contributed by atoms with Crippen LogP contribution >= 0.6 is 0 Å². The summed E-state index contributed by atoms with van der Waals surface area (Å²) in [4.78, 5) is 2.07. The van der Waals surface area contributed by atoms with Crippen LogP contribution in [-0.2, 0) is 10.0 Å². The summed E-state index contributed by atoms with van der Waals surface area (Å²) in [5.74, 6) is 1.21. The normalized spacial score (nSPS) is 12.1. The summed E-state index contributed by atoms with van der Waals surface area (Å²) < 4.78 is 32.2. The minimum absolute atomic E-state index is 0.500. The lowest BCUT2D eigenvalue weighted by Crippen LogP contribution is -2.17. The summed E-state index contributed by atoms with van der Waals surface area (Å²) >= 11 is 0. The van der Waals surface area contributed by atoms with Gasteiger partial charge in [0.1, 0.15) is 11.5 Å². The molecule has 0 aromatic heterocycles. The number of rotatable bonds is 5. The summed E-state index contributed by atoms with van der Waals surface area (Å²) in [5, 5.41) is 3.79. The van der Waals surface area contributed by atoms with Crippen LogP contribution in [0.15, 0.2) is 23.3 Å². The van der Waals surface area contributed by atoms with E-state index in [1.807, 2.05) is 0 Å². The first-order valence-corrected chi connectivity index (χ1v) is 7.00. The van der Waals surface area contributed by atoms with Crippen LogP contribution in [0.3, 0.4) is 0 Å². The van der Waals surface area contributed by atoms with Crippen molar-refractivity contribution in [2.45, 2.75) is 6.92 Å². The highest BCUT2D eigenvalue weighted by molar-refractivity contribution is 7.88. The zero-order valence-corrected chi connectivity index (χ0v) is 11.5. The molecule has 0 saturated carbocycles. The number of sulfonamides is 1. The molecule has 1 aromatic rings. The fraction of sp³-hybridized carbons (Fsp3) is 0.364. The highest BCUT2D eigenvalue weighted by Crippen LogP contribution is 2.24. The van der Waals surface area contributed by atoms with Crippen LogP contribution in [-0.4, -0.2) is 34.6 Å². The molecule has 1 rings (SSSR count). The molecule has 0 unspecified atom stereocenters. The number of methoxy groups -OCH3 is 2. The average molecular weight is 272 g/mol. The van der Waals surface area contributed by atoms with Crippen LogP contribution in [0.2, 0.25) is 0 Å². The lowest BCUT2D eigenvalue weighted by molar-refractivity contribution is 0.394. The molecule has 0 spiro atoms. The van der Waals surface area contributed by atoms with E-state index in [4.69, 9.17) is 9.47 Å². The van der Waals surface area contributed by atoms with Gasteiger partial charge in [-0.05, 0) is 19.1 Å². The largest absolute Gasteiger partial charge is 0.497 e.